The van der Waals surface area contributed by atoms with E-state index in [4.69, 9.17) is 28.5 Å². The molecule has 11 nitrogen and oxygen atoms in total. The molecule has 3 aromatic rings. The molecule has 12 heteroatoms. The lowest BCUT2D eigenvalue weighted by Gasteiger charge is -2.36. The van der Waals surface area contributed by atoms with Crippen molar-refractivity contribution in [2.45, 2.75) is 90.3 Å². The molecule has 54 heavy (non-hydrogen) atoms. The zero-order valence-corrected chi connectivity index (χ0v) is 33.7. The van der Waals surface area contributed by atoms with E-state index in [-0.39, 0.29) is 30.4 Å². The zero-order chi connectivity index (χ0) is 39.2. The van der Waals surface area contributed by atoms with Crippen LogP contribution in [0.1, 0.15) is 89.3 Å². The van der Waals surface area contributed by atoms with Gasteiger partial charge in [0, 0.05) is 31.7 Å². The molecule has 0 saturated heterocycles. The largest absolute Gasteiger partial charge is 0.497 e. The summed E-state index contributed by atoms with van der Waals surface area (Å²) in [5, 5.41) is 14.5. The second-order valence-corrected chi connectivity index (χ2v) is 14.8. The van der Waals surface area contributed by atoms with Gasteiger partial charge in [0.15, 0.2) is 0 Å². The highest BCUT2D eigenvalue weighted by atomic mass is 31.2. The van der Waals surface area contributed by atoms with Crippen molar-refractivity contribution in [2.24, 2.45) is 0 Å². The Balaban J connectivity index is 1.42. The predicted octanol–water partition coefficient (Wildman–Crippen LogP) is 7.88. The predicted molar refractivity (Wildman–Crippen MR) is 213 cm³/mol. The van der Waals surface area contributed by atoms with Gasteiger partial charge < -0.3 is 33.9 Å². The van der Waals surface area contributed by atoms with Crippen LogP contribution >= 0.6 is 8.53 Å². The second kappa shape index (κ2) is 24.4. The summed E-state index contributed by atoms with van der Waals surface area (Å²) in [7, 11) is 2.03. The van der Waals surface area contributed by atoms with Crippen molar-refractivity contribution in [1.29, 1.82) is 5.26 Å². The lowest BCUT2D eigenvalue weighted by Crippen LogP contribution is -2.37. The van der Waals surface area contributed by atoms with E-state index >= 15 is 0 Å². The minimum absolute atomic E-state index is 0.0604. The van der Waals surface area contributed by atoms with Gasteiger partial charge >= 0.3 is 0 Å². The zero-order valence-electron chi connectivity index (χ0n) is 32.8. The minimum atomic E-state index is -1.26. The summed E-state index contributed by atoms with van der Waals surface area (Å²) in [5.41, 5.74) is 2.02. The lowest BCUT2D eigenvalue weighted by molar-refractivity contribution is -0.126. The minimum Gasteiger partial charge on any atom is -0.497 e. The third-order valence-corrected chi connectivity index (χ3v) is 10.9. The van der Waals surface area contributed by atoms with Crippen molar-refractivity contribution in [1.82, 2.24) is 15.3 Å². The van der Waals surface area contributed by atoms with Crippen LogP contribution in [-0.2, 0) is 29.0 Å². The van der Waals surface area contributed by atoms with Crippen LogP contribution in [0.3, 0.4) is 0 Å². The van der Waals surface area contributed by atoms with Crippen LogP contribution in [0.25, 0.3) is 0 Å². The molecule has 294 valence electrons. The van der Waals surface area contributed by atoms with Crippen LogP contribution in [-0.4, -0.2) is 75.7 Å². The van der Waals surface area contributed by atoms with Crippen LogP contribution in [0.5, 0.6) is 11.5 Å². The van der Waals surface area contributed by atoms with Crippen LogP contribution in [0, 0.1) is 11.3 Å². The first kappa shape index (κ1) is 44.4. The molecule has 0 aliphatic heterocycles. The summed E-state index contributed by atoms with van der Waals surface area (Å²) in [4.78, 5) is 24.9. The van der Waals surface area contributed by atoms with Crippen LogP contribution in [0.15, 0.2) is 78.9 Å². The van der Waals surface area contributed by atoms with E-state index < -0.39 is 14.1 Å². The number of ether oxygens (including phenoxy) is 3. The van der Waals surface area contributed by atoms with E-state index in [1.54, 1.807) is 14.2 Å². The number of nitrogens with one attached hydrogen (secondary N) is 2. The number of amides is 2. The van der Waals surface area contributed by atoms with Gasteiger partial charge in [-0.1, -0.05) is 61.0 Å². The maximum absolute atomic E-state index is 12.5. The van der Waals surface area contributed by atoms with Crippen molar-refractivity contribution in [3.05, 3.63) is 95.6 Å². The third-order valence-electron chi connectivity index (χ3n) is 8.74. The van der Waals surface area contributed by atoms with Gasteiger partial charge in [0.25, 0.3) is 8.53 Å². The van der Waals surface area contributed by atoms with E-state index in [9.17, 15) is 9.59 Å². The van der Waals surface area contributed by atoms with Gasteiger partial charge in [-0.15, -0.1) is 0 Å². The number of hydrogen-bond donors (Lipinski definition) is 2. The Labute approximate surface area is 323 Å². The number of nitrogens with zero attached hydrogens (tertiary/aromatic N) is 2. The van der Waals surface area contributed by atoms with Gasteiger partial charge in [0.05, 0.1) is 46.5 Å². The molecule has 1 atom stereocenters. The normalized spacial score (nSPS) is 12.1. The summed E-state index contributed by atoms with van der Waals surface area (Å²) in [6.07, 6.45) is 4.37. The van der Waals surface area contributed by atoms with Crippen LogP contribution in [0.2, 0.25) is 0 Å². The Morgan fingerprint density at radius 2 is 1.26 bits per heavy atom. The highest BCUT2D eigenvalue weighted by Crippen LogP contribution is 2.46. The summed E-state index contributed by atoms with van der Waals surface area (Å²) in [6.45, 7) is 10.1. The molecule has 0 aliphatic rings. The fraction of sp³-hybridized carbons (Fsp3) is 0.500. The highest BCUT2D eigenvalue weighted by molar-refractivity contribution is 7.44. The first-order valence-electron chi connectivity index (χ1n) is 18.9. The van der Waals surface area contributed by atoms with E-state index in [1.807, 2.05) is 66.7 Å². The monoisotopic (exact) mass is 762 g/mol. The molecule has 2 amide bonds. The summed E-state index contributed by atoms with van der Waals surface area (Å²) in [5.74, 6) is 1.14. The van der Waals surface area contributed by atoms with Gasteiger partial charge in [0.2, 0.25) is 11.8 Å². The van der Waals surface area contributed by atoms with E-state index in [1.165, 1.54) is 0 Å². The van der Waals surface area contributed by atoms with Gasteiger partial charge in [-0.05, 0) is 94.3 Å². The molecular weight excluding hydrogens is 703 g/mol. The first-order chi connectivity index (χ1) is 26.2. The molecule has 0 bridgehead atoms. The quantitative estimate of drug-likeness (QED) is 0.0477. The van der Waals surface area contributed by atoms with Crippen LogP contribution < -0.4 is 20.1 Å². The Morgan fingerprint density at radius 1 is 0.704 bits per heavy atom. The van der Waals surface area contributed by atoms with Crippen LogP contribution in [0.4, 0.5) is 0 Å². The Hall–Kier alpha value is -4.04. The lowest BCUT2D eigenvalue weighted by atomic mass is 9.80. The number of carbonyl (C=O) groups is 2. The maximum atomic E-state index is 12.5. The van der Waals surface area contributed by atoms with Crippen molar-refractivity contribution < 1.29 is 32.8 Å². The molecule has 0 aromatic heterocycles. The number of benzene rings is 3. The molecule has 1 unspecified atom stereocenters. The number of hydrogen-bond acceptors (Lipinski definition) is 9. The third kappa shape index (κ3) is 14.0. The molecular formula is C42H59N4O7P. The standard InChI is InChI=1S/C42H59N4O7P/c1-33(2)46(34(3)4)54(53-31-15-27-43)52-30-13-8-11-18-40(47)45-32-41(48)44-28-12-14-29-51-42(35-16-9-7-10-17-35,36-19-23-38(49-5)24-20-36)37-21-25-39(50-6)26-22-37/h7,9-10,16-17,19-26,33-34H,8,11-15,18,28-32H2,1-6H3,(H,44,48)(H,45,47). The Kier molecular flexibility index (Phi) is 20.0. The number of rotatable bonds is 26. The fourth-order valence-corrected chi connectivity index (χ4v) is 7.73. The molecule has 0 fully saturated rings. The average molecular weight is 763 g/mol. The summed E-state index contributed by atoms with van der Waals surface area (Å²) in [6, 6.07) is 28.6. The Morgan fingerprint density at radius 3 is 1.81 bits per heavy atom. The van der Waals surface area contributed by atoms with Crippen molar-refractivity contribution in [2.75, 3.05) is 47.1 Å². The van der Waals surface area contributed by atoms with Gasteiger partial charge in [-0.2, -0.15) is 5.26 Å². The van der Waals surface area contributed by atoms with Gasteiger partial charge in [-0.3, -0.25) is 9.59 Å². The number of methoxy groups -OCH3 is 2. The first-order valence-corrected chi connectivity index (χ1v) is 20.0. The molecule has 3 aromatic carbocycles. The molecule has 2 N–H and O–H groups in total. The molecule has 0 saturated carbocycles. The molecule has 0 heterocycles. The Bertz CT molecular complexity index is 1490. The smallest absolute Gasteiger partial charge is 0.259 e. The topological polar surface area (TPSA) is 131 Å². The van der Waals surface area contributed by atoms with Gasteiger partial charge in [-0.25, -0.2) is 4.67 Å². The van der Waals surface area contributed by atoms with E-state index in [0.29, 0.717) is 58.5 Å². The highest BCUT2D eigenvalue weighted by Gasteiger charge is 2.37. The van der Waals surface area contributed by atoms with E-state index in [0.717, 1.165) is 41.0 Å². The summed E-state index contributed by atoms with van der Waals surface area (Å²) < 4.78 is 32.0. The van der Waals surface area contributed by atoms with E-state index in [2.05, 4.69) is 61.2 Å². The fourth-order valence-electron chi connectivity index (χ4n) is 6.10. The maximum Gasteiger partial charge on any atom is 0.259 e. The number of carbonyl (C=O) groups excluding carboxylic acids is 2. The molecule has 0 spiro atoms. The van der Waals surface area contributed by atoms with Crippen molar-refractivity contribution >= 4 is 20.3 Å². The van der Waals surface area contributed by atoms with Crippen molar-refractivity contribution in [3.63, 3.8) is 0 Å². The van der Waals surface area contributed by atoms with Crippen molar-refractivity contribution in [3.8, 4) is 17.6 Å². The van der Waals surface area contributed by atoms with Gasteiger partial charge in [0.1, 0.15) is 17.1 Å². The number of unbranched alkanes of at least 4 members (excludes halogenated alkanes) is 3. The molecule has 0 radical (unpaired) electrons. The molecule has 0 aliphatic carbocycles. The summed E-state index contributed by atoms with van der Waals surface area (Å²) >= 11 is 0. The average Bonchev–Trinajstić information content (AvgIpc) is 3.18. The molecule has 3 rings (SSSR count). The SMILES string of the molecule is COc1ccc(C(OCCCCNC(=O)CNC(=O)CCCCCOP(OCCC#N)N(C(C)C)C(C)C)(c2ccccc2)c2ccc(OC)cc2)cc1. The number of nitriles is 1. The second-order valence-electron chi connectivity index (χ2n) is 13.4.